The first-order valence-electron chi connectivity index (χ1n) is 6.77. The fourth-order valence-electron chi connectivity index (χ4n) is 2.47. The van der Waals surface area contributed by atoms with E-state index in [1.165, 1.54) is 0 Å². The topological polar surface area (TPSA) is 50.2 Å². The van der Waals surface area contributed by atoms with Gasteiger partial charge in [0.1, 0.15) is 0 Å². The second-order valence-corrected chi connectivity index (χ2v) is 5.06. The van der Waals surface area contributed by atoms with E-state index in [2.05, 4.69) is 15.3 Å². The van der Waals surface area contributed by atoms with Gasteiger partial charge in [0.2, 0.25) is 0 Å². The standard InChI is InChI=1S/C13H21FN4O/c1-17-9-11(8-15-17)13(19)16-12-4-2-6-18(10-12)7-3-5-14/h8-9,12H,2-7,10H2,1H3,(H,16,19). The first-order valence-corrected chi connectivity index (χ1v) is 6.77. The zero-order valence-corrected chi connectivity index (χ0v) is 11.3. The first kappa shape index (κ1) is 14.0. The van der Waals surface area contributed by atoms with Crippen LogP contribution in [0.25, 0.3) is 0 Å². The van der Waals surface area contributed by atoms with E-state index in [9.17, 15) is 9.18 Å². The molecule has 1 saturated heterocycles. The molecule has 1 atom stereocenters. The van der Waals surface area contributed by atoms with E-state index in [4.69, 9.17) is 0 Å². The summed E-state index contributed by atoms with van der Waals surface area (Å²) in [4.78, 5) is 14.2. The number of rotatable bonds is 5. The molecule has 0 radical (unpaired) electrons. The predicted octanol–water partition coefficient (Wildman–Crippen LogP) is 0.974. The lowest BCUT2D eigenvalue weighted by Gasteiger charge is -2.32. The molecular weight excluding hydrogens is 247 g/mol. The summed E-state index contributed by atoms with van der Waals surface area (Å²) in [5.41, 5.74) is 0.586. The van der Waals surface area contributed by atoms with Gasteiger partial charge in [0.15, 0.2) is 0 Å². The molecule has 2 heterocycles. The molecule has 1 aliphatic heterocycles. The van der Waals surface area contributed by atoms with E-state index < -0.39 is 0 Å². The Kier molecular flexibility index (Phi) is 4.90. The second-order valence-electron chi connectivity index (χ2n) is 5.06. The summed E-state index contributed by atoms with van der Waals surface area (Å²) in [5.74, 6) is -0.0783. The van der Waals surface area contributed by atoms with Gasteiger partial charge >= 0.3 is 0 Å². The minimum Gasteiger partial charge on any atom is -0.348 e. The van der Waals surface area contributed by atoms with Gasteiger partial charge in [0, 0.05) is 32.4 Å². The molecule has 19 heavy (non-hydrogen) atoms. The van der Waals surface area contributed by atoms with Crippen molar-refractivity contribution in [2.75, 3.05) is 26.3 Å². The number of amides is 1. The lowest BCUT2D eigenvalue weighted by Crippen LogP contribution is -2.47. The highest BCUT2D eigenvalue weighted by Gasteiger charge is 2.21. The van der Waals surface area contributed by atoms with Crippen LogP contribution in [0.5, 0.6) is 0 Å². The number of hydrogen-bond acceptors (Lipinski definition) is 3. The van der Waals surface area contributed by atoms with Gasteiger partial charge in [-0.2, -0.15) is 5.10 Å². The van der Waals surface area contributed by atoms with Gasteiger partial charge in [0.05, 0.1) is 18.4 Å². The van der Waals surface area contributed by atoms with Gasteiger partial charge in [-0.25, -0.2) is 0 Å². The number of piperidine rings is 1. The van der Waals surface area contributed by atoms with Crippen molar-refractivity contribution in [3.8, 4) is 0 Å². The maximum absolute atomic E-state index is 12.2. The van der Waals surface area contributed by atoms with E-state index in [1.54, 1.807) is 24.1 Å². The average molecular weight is 268 g/mol. The SMILES string of the molecule is Cn1cc(C(=O)NC2CCCN(CCCF)C2)cn1. The molecule has 1 amide bonds. The molecule has 1 unspecified atom stereocenters. The van der Waals surface area contributed by atoms with Crippen LogP contribution in [0.4, 0.5) is 4.39 Å². The van der Waals surface area contributed by atoms with Gasteiger partial charge in [-0.1, -0.05) is 0 Å². The third-order valence-electron chi connectivity index (χ3n) is 3.42. The smallest absolute Gasteiger partial charge is 0.254 e. The summed E-state index contributed by atoms with van der Waals surface area (Å²) < 4.78 is 13.8. The number of hydrogen-bond donors (Lipinski definition) is 1. The van der Waals surface area contributed by atoms with Crippen LogP contribution in [-0.2, 0) is 7.05 Å². The van der Waals surface area contributed by atoms with E-state index in [0.717, 1.165) is 32.5 Å². The number of aromatic nitrogens is 2. The Bertz CT molecular complexity index is 421. The van der Waals surface area contributed by atoms with Gasteiger partial charge < -0.3 is 10.2 Å². The van der Waals surface area contributed by atoms with Crippen molar-refractivity contribution in [3.05, 3.63) is 18.0 Å². The molecule has 0 bridgehead atoms. The maximum Gasteiger partial charge on any atom is 0.254 e. The van der Waals surface area contributed by atoms with Crippen molar-refractivity contribution in [3.63, 3.8) is 0 Å². The fraction of sp³-hybridized carbons (Fsp3) is 0.692. The monoisotopic (exact) mass is 268 g/mol. The summed E-state index contributed by atoms with van der Waals surface area (Å²) in [5, 5.41) is 7.02. The van der Waals surface area contributed by atoms with Crippen LogP contribution in [0, 0.1) is 0 Å². The summed E-state index contributed by atoms with van der Waals surface area (Å²) >= 11 is 0. The lowest BCUT2D eigenvalue weighted by atomic mass is 10.1. The third kappa shape index (κ3) is 4.02. The average Bonchev–Trinajstić information content (AvgIpc) is 2.83. The molecule has 1 aromatic heterocycles. The van der Waals surface area contributed by atoms with Crippen LogP contribution in [0.2, 0.25) is 0 Å². The molecule has 1 N–H and O–H groups in total. The molecule has 5 nitrogen and oxygen atoms in total. The van der Waals surface area contributed by atoms with Gasteiger partial charge in [-0.3, -0.25) is 13.9 Å². The van der Waals surface area contributed by atoms with E-state index in [1.807, 2.05) is 0 Å². The Balaban J connectivity index is 1.83. The van der Waals surface area contributed by atoms with Crippen LogP contribution in [0.1, 0.15) is 29.6 Å². The number of aryl methyl sites for hydroxylation is 1. The van der Waals surface area contributed by atoms with E-state index >= 15 is 0 Å². The zero-order valence-electron chi connectivity index (χ0n) is 11.3. The Hall–Kier alpha value is -1.43. The van der Waals surface area contributed by atoms with Crippen LogP contribution in [0.3, 0.4) is 0 Å². The van der Waals surface area contributed by atoms with Gasteiger partial charge in [-0.15, -0.1) is 0 Å². The number of likely N-dealkylation sites (tertiary alicyclic amines) is 1. The van der Waals surface area contributed by atoms with Crippen molar-refractivity contribution in [2.45, 2.75) is 25.3 Å². The summed E-state index contributed by atoms with van der Waals surface area (Å²) in [6.45, 7) is 2.31. The number of alkyl halides is 1. The quantitative estimate of drug-likeness (QED) is 0.866. The second kappa shape index (κ2) is 6.65. The molecule has 0 aromatic carbocycles. The third-order valence-corrected chi connectivity index (χ3v) is 3.42. The predicted molar refractivity (Wildman–Crippen MR) is 70.7 cm³/mol. The zero-order chi connectivity index (χ0) is 13.7. The van der Waals surface area contributed by atoms with Crippen LogP contribution in [-0.4, -0.2) is 52.9 Å². The van der Waals surface area contributed by atoms with Crippen molar-refractivity contribution in [1.82, 2.24) is 20.0 Å². The minimum absolute atomic E-state index is 0.0783. The molecule has 6 heteroatoms. The maximum atomic E-state index is 12.2. The fourth-order valence-corrected chi connectivity index (χ4v) is 2.47. The highest BCUT2D eigenvalue weighted by atomic mass is 19.1. The van der Waals surface area contributed by atoms with Crippen molar-refractivity contribution in [1.29, 1.82) is 0 Å². The summed E-state index contributed by atoms with van der Waals surface area (Å²) in [6.07, 6.45) is 5.88. The molecule has 0 spiro atoms. The van der Waals surface area contributed by atoms with Crippen molar-refractivity contribution < 1.29 is 9.18 Å². The number of nitrogens with zero attached hydrogens (tertiary/aromatic N) is 3. The Labute approximate surface area is 112 Å². The van der Waals surface area contributed by atoms with E-state index in [-0.39, 0.29) is 18.6 Å². The van der Waals surface area contributed by atoms with Crippen LogP contribution >= 0.6 is 0 Å². The number of nitrogens with one attached hydrogen (secondary N) is 1. The summed E-state index contributed by atoms with van der Waals surface area (Å²) in [7, 11) is 1.79. The molecule has 106 valence electrons. The Morgan fingerprint density at radius 1 is 1.63 bits per heavy atom. The number of carbonyl (C=O) groups is 1. The molecule has 1 aliphatic rings. The largest absolute Gasteiger partial charge is 0.348 e. The normalized spacial score (nSPS) is 20.4. The van der Waals surface area contributed by atoms with E-state index in [0.29, 0.717) is 12.0 Å². The number of halogens is 1. The Morgan fingerprint density at radius 2 is 2.47 bits per heavy atom. The first-order chi connectivity index (χ1) is 9.19. The minimum atomic E-state index is -0.275. The van der Waals surface area contributed by atoms with Crippen LogP contribution < -0.4 is 5.32 Å². The Morgan fingerprint density at radius 3 is 3.16 bits per heavy atom. The highest BCUT2D eigenvalue weighted by molar-refractivity contribution is 5.93. The molecule has 1 fully saturated rings. The molecule has 2 rings (SSSR count). The molecule has 1 aromatic rings. The molecular formula is C13H21FN4O. The van der Waals surface area contributed by atoms with Crippen molar-refractivity contribution in [2.24, 2.45) is 7.05 Å². The lowest BCUT2D eigenvalue weighted by molar-refractivity contribution is 0.0902. The van der Waals surface area contributed by atoms with Gasteiger partial charge in [0.25, 0.3) is 5.91 Å². The number of carbonyl (C=O) groups excluding carboxylic acids is 1. The molecule has 0 aliphatic carbocycles. The highest BCUT2D eigenvalue weighted by Crippen LogP contribution is 2.11. The van der Waals surface area contributed by atoms with Gasteiger partial charge in [-0.05, 0) is 25.8 Å². The van der Waals surface area contributed by atoms with Crippen LogP contribution in [0.15, 0.2) is 12.4 Å². The molecule has 0 saturated carbocycles. The van der Waals surface area contributed by atoms with Crippen molar-refractivity contribution >= 4 is 5.91 Å². The summed E-state index contributed by atoms with van der Waals surface area (Å²) in [6, 6.07) is 0.154.